The third-order valence-corrected chi connectivity index (χ3v) is 8.60. The second kappa shape index (κ2) is 5.87. The monoisotopic (exact) mass is 378 g/mol. The van der Waals surface area contributed by atoms with Crippen LogP contribution in [0.15, 0.2) is 4.79 Å². The topological polar surface area (TPSA) is 86.4 Å². The molecular formula is C18H26N4O3S. The Morgan fingerprint density at radius 3 is 2.50 bits per heavy atom. The van der Waals surface area contributed by atoms with Crippen LogP contribution in [-0.2, 0) is 22.0 Å². The van der Waals surface area contributed by atoms with Crippen LogP contribution in [0.3, 0.4) is 0 Å². The smallest absolute Gasteiger partial charge is 0.282 e. The fourth-order valence-electron chi connectivity index (χ4n) is 4.98. The molecule has 4 aliphatic rings. The second-order valence-corrected chi connectivity index (χ2v) is 10.3. The van der Waals surface area contributed by atoms with Gasteiger partial charge in [0.2, 0.25) is 0 Å². The van der Waals surface area contributed by atoms with Crippen molar-refractivity contribution in [3.05, 3.63) is 27.4 Å². The van der Waals surface area contributed by atoms with Crippen molar-refractivity contribution < 1.29 is 8.42 Å². The molecule has 1 aromatic rings. The lowest BCUT2D eigenvalue weighted by Crippen LogP contribution is -2.52. The molecule has 3 fully saturated rings. The number of hydrogen-bond acceptors (Lipinski definition) is 4. The first-order chi connectivity index (χ1) is 12.5. The minimum absolute atomic E-state index is 0.00621. The summed E-state index contributed by atoms with van der Waals surface area (Å²) in [7, 11) is -3.40. The van der Waals surface area contributed by atoms with Gasteiger partial charge in [-0.3, -0.25) is 4.79 Å². The van der Waals surface area contributed by atoms with Gasteiger partial charge >= 0.3 is 0 Å². The minimum Gasteiger partial charge on any atom is -0.310 e. The van der Waals surface area contributed by atoms with Gasteiger partial charge in [0.1, 0.15) is 5.82 Å². The summed E-state index contributed by atoms with van der Waals surface area (Å²) in [6.45, 7) is 2.31. The van der Waals surface area contributed by atoms with Crippen LogP contribution in [0.25, 0.3) is 0 Å². The largest absolute Gasteiger partial charge is 0.310 e. The van der Waals surface area contributed by atoms with Gasteiger partial charge in [0.15, 0.2) is 0 Å². The number of piperidine rings is 1. The summed E-state index contributed by atoms with van der Waals surface area (Å²) in [5.41, 5.74) is 1.39. The maximum Gasteiger partial charge on any atom is 0.282 e. The van der Waals surface area contributed by atoms with Crippen molar-refractivity contribution >= 4 is 10.2 Å². The molecule has 0 radical (unpaired) electrons. The van der Waals surface area contributed by atoms with Gasteiger partial charge in [-0.15, -0.1) is 0 Å². The molecule has 1 N–H and O–H groups in total. The van der Waals surface area contributed by atoms with Crippen LogP contribution in [0.2, 0.25) is 0 Å². The first kappa shape index (κ1) is 16.9. The number of aromatic amines is 1. The highest BCUT2D eigenvalue weighted by molar-refractivity contribution is 7.86. The van der Waals surface area contributed by atoms with E-state index in [0.717, 1.165) is 62.0 Å². The molecule has 8 heteroatoms. The van der Waals surface area contributed by atoms with Crippen molar-refractivity contribution in [2.75, 3.05) is 26.2 Å². The number of hydrogen-bond donors (Lipinski definition) is 1. The molecule has 2 aliphatic carbocycles. The van der Waals surface area contributed by atoms with E-state index in [1.165, 1.54) is 0 Å². The Labute approximate surface area is 154 Å². The van der Waals surface area contributed by atoms with Crippen molar-refractivity contribution in [2.24, 2.45) is 0 Å². The van der Waals surface area contributed by atoms with Gasteiger partial charge < -0.3 is 4.98 Å². The van der Waals surface area contributed by atoms with Gasteiger partial charge in [-0.05, 0) is 51.4 Å². The van der Waals surface area contributed by atoms with Gasteiger partial charge in [0.25, 0.3) is 15.8 Å². The summed E-state index contributed by atoms with van der Waals surface area (Å²) in [4.78, 5) is 20.4. The molecule has 2 saturated heterocycles. The highest BCUT2D eigenvalue weighted by atomic mass is 32.2. The molecule has 5 rings (SSSR count). The van der Waals surface area contributed by atoms with Crippen LogP contribution in [0, 0.1) is 0 Å². The zero-order valence-corrected chi connectivity index (χ0v) is 15.9. The lowest BCUT2D eigenvalue weighted by molar-refractivity contribution is 0.209. The molecule has 0 amide bonds. The van der Waals surface area contributed by atoms with E-state index in [-0.39, 0.29) is 11.0 Å². The van der Waals surface area contributed by atoms with E-state index in [4.69, 9.17) is 4.98 Å². The van der Waals surface area contributed by atoms with Crippen molar-refractivity contribution in [1.82, 2.24) is 18.6 Å². The molecule has 26 heavy (non-hydrogen) atoms. The summed E-state index contributed by atoms with van der Waals surface area (Å²) < 4.78 is 29.4. The van der Waals surface area contributed by atoms with E-state index in [1.807, 2.05) is 0 Å². The predicted octanol–water partition coefficient (Wildman–Crippen LogP) is 1.27. The fourth-order valence-corrected chi connectivity index (χ4v) is 6.80. The van der Waals surface area contributed by atoms with Gasteiger partial charge in [-0.1, -0.05) is 0 Å². The average molecular weight is 378 g/mol. The molecule has 7 nitrogen and oxygen atoms in total. The van der Waals surface area contributed by atoms with Crippen molar-refractivity contribution in [2.45, 2.75) is 62.7 Å². The van der Waals surface area contributed by atoms with Crippen LogP contribution in [0.5, 0.6) is 0 Å². The highest BCUT2D eigenvalue weighted by Crippen LogP contribution is 2.45. The number of aromatic nitrogens is 2. The van der Waals surface area contributed by atoms with Crippen molar-refractivity contribution in [1.29, 1.82) is 0 Å². The SMILES string of the molecule is O=c1[nH]c(C2CC2)nc2c1CCC21CCCN(S(=O)(=O)N2CCCC2)C1. The van der Waals surface area contributed by atoms with Gasteiger partial charge in [0, 0.05) is 43.1 Å². The number of nitrogens with zero attached hydrogens (tertiary/aromatic N) is 3. The maximum atomic E-state index is 13.1. The standard InChI is InChI=1S/C18H26N4O3S/c23-17-14-6-8-18(15(14)19-16(20-17)13-4-5-13)7-3-11-22(12-18)26(24,25)21-9-1-2-10-21/h13H,1-12H2,(H,19,20,23). The Morgan fingerprint density at radius 2 is 1.77 bits per heavy atom. The molecule has 1 saturated carbocycles. The molecular weight excluding hydrogens is 352 g/mol. The molecule has 1 atom stereocenters. The lowest BCUT2D eigenvalue weighted by atomic mass is 9.78. The zero-order chi connectivity index (χ0) is 17.9. The molecule has 142 valence electrons. The Hall–Kier alpha value is -1.25. The minimum atomic E-state index is -3.40. The normalized spacial score (nSPS) is 30.2. The molecule has 1 aromatic heterocycles. The molecule has 3 heterocycles. The summed E-state index contributed by atoms with van der Waals surface area (Å²) in [5, 5.41) is 0. The van der Waals surface area contributed by atoms with Gasteiger partial charge in [-0.2, -0.15) is 17.0 Å². The third-order valence-electron chi connectivity index (χ3n) is 6.61. The zero-order valence-electron chi connectivity index (χ0n) is 15.0. The van der Waals surface area contributed by atoms with Crippen LogP contribution in [0.1, 0.15) is 67.9 Å². The highest BCUT2D eigenvalue weighted by Gasteiger charge is 2.48. The quantitative estimate of drug-likeness (QED) is 0.858. The van der Waals surface area contributed by atoms with Gasteiger partial charge in [0.05, 0.1) is 5.69 Å². The van der Waals surface area contributed by atoms with Gasteiger partial charge in [-0.25, -0.2) is 4.98 Å². The van der Waals surface area contributed by atoms with Crippen LogP contribution < -0.4 is 5.56 Å². The first-order valence-electron chi connectivity index (χ1n) is 9.88. The van der Waals surface area contributed by atoms with Crippen LogP contribution in [0.4, 0.5) is 0 Å². The maximum absolute atomic E-state index is 13.1. The Morgan fingerprint density at radius 1 is 1.04 bits per heavy atom. The van der Waals surface area contributed by atoms with E-state index >= 15 is 0 Å². The molecule has 1 spiro atoms. The number of rotatable bonds is 3. The predicted molar refractivity (Wildman–Crippen MR) is 97.4 cm³/mol. The van der Waals surface area contributed by atoms with Crippen LogP contribution >= 0.6 is 0 Å². The summed E-state index contributed by atoms with van der Waals surface area (Å²) in [6, 6.07) is 0. The van der Waals surface area contributed by atoms with Crippen LogP contribution in [-0.4, -0.2) is 53.2 Å². The number of fused-ring (bicyclic) bond motifs is 2. The summed E-state index contributed by atoms with van der Waals surface area (Å²) >= 11 is 0. The molecule has 0 aromatic carbocycles. The van der Waals surface area contributed by atoms with Crippen molar-refractivity contribution in [3.63, 3.8) is 0 Å². The first-order valence-corrected chi connectivity index (χ1v) is 11.3. The Bertz CT molecular complexity index is 886. The second-order valence-electron chi connectivity index (χ2n) is 8.38. The lowest BCUT2D eigenvalue weighted by Gasteiger charge is -2.41. The molecule has 0 bridgehead atoms. The van der Waals surface area contributed by atoms with E-state index in [1.54, 1.807) is 8.61 Å². The summed E-state index contributed by atoms with van der Waals surface area (Å²) in [6.07, 6.45) is 7.37. The molecule has 2 aliphatic heterocycles. The summed E-state index contributed by atoms with van der Waals surface area (Å²) in [5.74, 6) is 1.20. The van der Waals surface area contributed by atoms with E-state index in [0.29, 0.717) is 38.5 Å². The van der Waals surface area contributed by atoms with E-state index in [2.05, 4.69) is 4.98 Å². The third kappa shape index (κ3) is 2.57. The average Bonchev–Trinajstić information content (AvgIpc) is 3.21. The molecule has 1 unspecified atom stereocenters. The number of H-pyrrole nitrogens is 1. The fraction of sp³-hybridized carbons (Fsp3) is 0.778. The Kier molecular flexibility index (Phi) is 3.82. The van der Waals surface area contributed by atoms with E-state index in [9.17, 15) is 13.2 Å². The van der Waals surface area contributed by atoms with Crippen molar-refractivity contribution in [3.8, 4) is 0 Å². The van der Waals surface area contributed by atoms with E-state index < -0.39 is 10.2 Å². The Balaban J connectivity index is 1.50. The number of nitrogens with one attached hydrogen (secondary N) is 1.